The first-order valence-corrected chi connectivity index (χ1v) is 5.85. The molecule has 1 rings (SSSR count). The molecule has 14 heavy (non-hydrogen) atoms. The summed E-state index contributed by atoms with van der Waals surface area (Å²) >= 11 is 0. The molecule has 2 N–H and O–H groups in total. The Hall–Kier alpha value is -0.0800. The van der Waals surface area contributed by atoms with Gasteiger partial charge in [-0.2, -0.15) is 0 Å². The zero-order valence-corrected chi connectivity index (χ0v) is 9.66. The topological polar surface area (TPSA) is 40.5 Å². The Labute approximate surface area is 87.3 Å². The molecular weight excluding hydrogens is 176 g/mol. The molecular formula is C12H24O2. The van der Waals surface area contributed by atoms with E-state index in [0.717, 1.165) is 18.8 Å². The molecule has 1 aliphatic rings. The van der Waals surface area contributed by atoms with Gasteiger partial charge in [-0.15, -0.1) is 0 Å². The maximum absolute atomic E-state index is 9.92. The Bertz CT molecular complexity index is 164. The highest BCUT2D eigenvalue weighted by Gasteiger charge is 2.34. The van der Waals surface area contributed by atoms with Crippen LogP contribution in [0, 0.1) is 11.8 Å². The summed E-state index contributed by atoms with van der Waals surface area (Å²) in [6, 6.07) is 0. The van der Waals surface area contributed by atoms with E-state index in [1.54, 1.807) is 13.8 Å². The lowest BCUT2D eigenvalue weighted by Crippen LogP contribution is -2.42. The van der Waals surface area contributed by atoms with E-state index in [1.807, 2.05) is 0 Å². The lowest BCUT2D eigenvalue weighted by atomic mass is 9.75. The third-order valence-electron chi connectivity index (χ3n) is 3.64. The second-order valence-corrected chi connectivity index (χ2v) is 5.29. The zero-order valence-electron chi connectivity index (χ0n) is 9.66. The van der Waals surface area contributed by atoms with E-state index in [1.165, 1.54) is 19.3 Å². The minimum atomic E-state index is -0.941. The molecule has 0 bridgehead atoms. The molecule has 1 aliphatic carbocycles. The summed E-state index contributed by atoms with van der Waals surface area (Å²) in [5.74, 6) is 1.15. The van der Waals surface area contributed by atoms with Crippen molar-refractivity contribution in [1.29, 1.82) is 0 Å². The van der Waals surface area contributed by atoms with E-state index in [4.69, 9.17) is 0 Å². The molecule has 0 aromatic heterocycles. The Morgan fingerprint density at radius 3 is 2.07 bits per heavy atom. The van der Waals surface area contributed by atoms with Gasteiger partial charge in [-0.05, 0) is 38.5 Å². The molecule has 1 unspecified atom stereocenters. The van der Waals surface area contributed by atoms with E-state index in [9.17, 15) is 10.2 Å². The van der Waals surface area contributed by atoms with Crippen LogP contribution in [0.25, 0.3) is 0 Å². The van der Waals surface area contributed by atoms with Crippen LogP contribution in [0.1, 0.15) is 52.9 Å². The standard InChI is InChI=1S/C12H24O2/c1-4-9-5-7-10(8-6-9)11(13)12(2,3)14/h9-11,13-14H,4-8H2,1-3H3. The summed E-state index contributed by atoms with van der Waals surface area (Å²) in [7, 11) is 0. The van der Waals surface area contributed by atoms with E-state index in [-0.39, 0.29) is 0 Å². The van der Waals surface area contributed by atoms with Crippen LogP contribution < -0.4 is 0 Å². The van der Waals surface area contributed by atoms with E-state index >= 15 is 0 Å². The quantitative estimate of drug-likeness (QED) is 0.734. The highest BCUT2D eigenvalue weighted by molar-refractivity contribution is 4.85. The van der Waals surface area contributed by atoms with Crippen LogP contribution in [0.15, 0.2) is 0 Å². The number of rotatable bonds is 3. The maximum Gasteiger partial charge on any atom is 0.0852 e. The minimum absolute atomic E-state index is 0.304. The Kier molecular flexibility index (Phi) is 3.96. The highest BCUT2D eigenvalue weighted by atomic mass is 16.3. The first-order valence-electron chi connectivity index (χ1n) is 5.85. The van der Waals surface area contributed by atoms with Gasteiger partial charge in [0.25, 0.3) is 0 Å². The van der Waals surface area contributed by atoms with Crippen LogP contribution >= 0.6 is 0 Å². The molecule has 0 radical (unpaired) electrons. The van der Waals surface area contributed by atoms with Gasteiger partial charge in [0, 0.05) is 0 Å². The number of hydrogen-bond donors (Lipinski definition) is 2. The van der Waals surface area contributed by atoms with Crippen molar-refractivity contribution in [2.75, 3.05) is 0 Å². The first-order chi connectivity index (χ1) is 6.45. The van der Waals surface area contributed by atoms with Gasteiger partial charge >= 0.3 is 0 Å². The van der Waals surface area contributed by atoms with E-state index < -0.39 is 11.7 Å². The van der Waals surface area contributed by atoms with Crippen molar-refractivity contribution in [3.8, 4) is 0 Å². The van der Waals surface area contributed by atoms with Crippen molar-refractivity contribution in [3.05, 3.63) is 0 Å². The molecule has 1 atom stereocenters. The summed E-state index contributed by atoms with van der Waals surface area (Å²) in [5.41, 5.74) is -0.941. The van der Waals surface area contributed by atoms with Gasteiger partial charge in [0.15, 0.2) is 0 Å². The second-order valence-electron chi connectivity index (χ2n) is 5.29. The lowest BCUT2D eigenvalue weighted by molar-refractivity contribution is -0.0858. The number of hydrogen-bond acceptors (Lipinski definition) is 2. The first kappa shape index (κ1) is 12.0. The average Bonchev–Trinajstić information content (AvgIpc) is 2.15. The summed E-state index contributed by atoms with van der Waals surface area (Å²) in [5, 5.41) is 19.6. The van der Waals surface area contributed by atoms with Gasteiger partial charge in [-0.25, -0.2) is 0 Å². The Morgan fingerprint density at radius 1 is 1.21 bits per heavy atom. The van der Waals surface area contributed by atoms with Crippen molar-refractivity contribution in [3.63, 3.8) is 0 Å². The summed E-state index contributed by atoms with van der Waals surface area (Å²) in [6.07, 6.45) is 5.28. The fraction of sp³-hybridized carbons (Fsp3) is 1.00. The molecule has 0 aromatic carbocycles. The smallest absolute Gasteiger partial charge is 0.0852 e. The van der Waals surface area contributed by atoms with Gasteiger partial charge in [0.05, 0.1) is 11.7 Å². The Morgan fingerprint density at radius 2 is 1.71 bits per heavy atom. The minimum Gasteiger partial charge on any atom is -0.390 e. The number of aliphatic hydroxyl groups excluding tert-OH is 1. The Balaban J connectivity index is 2.42. The van der Waals surface area contributed by atoms with Crippen LogP contribution in [0.5, 0.6) is 0 Å². The molecule has 1 fully saturated rings. The lowest BCUT2D eigenvalue weighted by Gasteiger charge is -2.36. The number of aliphatic hydroxyl groups is 2. The SMILES string of the molecule is CCC1CCC(C(O)C(C)(C)O)CC1. The van der Waals surface area contributed by atoms with E-state index in [2.05, 4.69) is 6.92 Å². The normalized spacial score (nSPS) is 31.5. The molecule has 1 saturated carbocycles. The zero-order chi connectivity index (χ0) is 10.8. The maximum atomic E-state index is 9.92. The van der Waals surface area contributed by atoms with Crippen molar-refractivity contribution < 1.29 is 10.2 Å². The third kappa shape index (κ3) is 2.96. The van der Waals surface area contributed by atoms with Crippen LogP contribution in [-0.2, 0) is 0 Å². The van der Waals surface area contributed by atoms with Crippen molar-refractivity contribution in [1.82, 2.24) is 0 Å². The third-order valence-corrected chi connectivity index (χ3v) is 3.64. The molecule has 0 aromatic rings. The predicted octanol–water partition coefficient (Wildman–Crippen LogP) is 2.33. The van der Waals surface area contributed by atoms with E-state index in [0.29, 0.717) is 5.92 Å². The predicted molar refractivity (Wildman–Crippen MR) is 58.0 cm³/mol. The summed E-state index contributed by atoms with van der Waals surface area (Å²) < 4.78 is 0. The molecule has 0 amide bonds. The largest absolute Gasteiger partial charge is 0.390 e. The van der Waals surface area contributed by atoms with Crippen LogP contribution in [0.2, 0.25) is 0 Å². The van der Waals surface area contributed by atoms with Crippen molar-refractivity contribution in [2.45, 2.75) is 64.6 Å². The van der Waals surface area contributed by atoms with Crippen LogP contribution in [0.3, 0.4) is 0 Å². The van der Waals surface area contributed by atoms with Crippen molar-refractivity contribution >= 4 is 0 Å². The van der Waals surface area contributed by atoms with Crippen LogP contribution in [-0.4, -0.2) is 21.9 Å². The fourth-order valence-corrected chi connectivity index (χ4v) is 2.49. The fourth-order valence-electron chi connectivity index (χ4n) is 2.49. The molecule has 2 heteroatoms. The van der Waals surface area contributed by atoms with Crippen molar-refractivity contribution in [2.24, 2.45) is 11.8 Å². The van der Waals surface area contributed by atoms with Gasteiger partial charge in [-0.3, -0.25) is 0 Å². The molecule has 0 spiro atoms. The monoisotopic (exact) mass is 200 g/mol. The summed E-state index contributed by atoms with van der Waals surface area (Å²) in [6.45, 7) is 5.63. The van der Waals surface area contributed by atoms with Crippen LogP contribution in [0.4, 0.5) is 0 Å². The highest BCUT2D eigenvalue weighted by Crippen LogP contribution is 2.35. The molecule has 0 aliphatic heterocycles. The summed E-state index contributed by atoms with van der Waals surface area (Å²) in [4.78, 5) is 0. The average molecular weight is 200 g/mol. The molecule has 0 heterocycles. The van der Waals surface area contributed by atoms with Gasteiger partial charge in [0.1, 0.15) is 0 Å². The van der Waals surface area contributed by atoms with Gasteiger partial charge in [-0.1, -0.05) is 26.2 Å². The van der Waals surface area contributed by atoms with Gasteiger partial charge < -0.3 is 10.2 Å². The molecule has 84 valence electrons. The second kappa shape index (κ2) is 4.63. The molecule has 0 saturated heterocycles. The van der Waals surface area contributed by atoms with Gasteiger partial charge in [0.2, 0.25) is 0 Å². The molecule has 2 nitrogen and oxygen atoms in total.